The zero-order valence-electron chi connectivity index (χ0n) is 11.3. The minimum absolute atomic E-state index is 0.0614. The van der Waals surface area contributed by atoms with Crippen molar-refractivity contribution < 1.29 is 9.72 Å². The highest BCUT2D eigenvalue weighted by atomic mass is 79.9. The van der Waals surface area contributed by atoms with Crippen LogP contribution >= 0.6 is 15.9 Å². The van der Waals surface area contributed by atoms with Crippen LogP contribution in [0.5, 0.6) is 0 Å². The summed E-state index contributed by atoms with van der Waals surface area (Å²) in [6, 6.07) is 1.31. The van der Waals surface area contributed by atoms with Gasteiger partial charge in [0.05, 0.1) is 11.1 Å². The number of aryl methyl sites for hydroxylation is 1. The molecule has 0 aliphatic heterocycles. The fourth-order valence-electron chi connectivity index (χ4n) is 2.58. The van der Waals surface area contributed by atoms with Gasteiger partial charge < -0.3 is 9.88 Å². The van der Waals surface area contributed by atoms with Crippen LogP contribution in [-0.2, 0) is 7.05 Å². The third-order valence-electron chi connectivity index (χ3n) is 3.78. The number of halogens is 1. The Morgan fingerprint density at radius 2 is 2.25 bits per heavy atom. The average Bonchev–Trinajstić information content (AvgIpc) is 2.80. The second-order valence-corrected chi connectivity index (χ2v) is 6.40. The van der Waals surface area contributed by atoms with E-state index in [0.717, 1.165) is 12.8 Å². The smallest absolute Gasteiger partial charge is 0.287 e. The minimum Gasteiger partial charge on any atom is -0.350 e. The van der Waals surface area contributed by atoms with Crippen molar-refractivity contribution >= 4 is 27.5 Å². The van der Waals surface area contributed by atoms with Gasteiger partial charge in [0, 0.05) is 24.5 Å². The van der Waals surface area contributed by atoms with Crippen LogP contribution in [0.1, 0.15) is 36.2 Å². The Kier molecular flexibility index (Phi) is 4.80. The first-order valence-electron chi connectivity index (χ1n) is 6.72. The number of nitrogens with one attached hydrogen (secondary N) is 1. The average molecular weight is 344 g/mol. The summed E-state index contributed by atoms with van der Waals surface area (Å²) in [5, 5.41) is 13.6. The largest absolute Gasteiger partial charge is 0.350 e. The maximum absolute atomic E-state index is 12.1. The van der Waals surface area contributed by atoms with E-state index < -0.39 is 4.92 Å². The molecule has 0 aromatic carbocycles. The van der Waals surface area contributed by atoms with E-state index in [2.05, 4.69) is 21.2 Å². The molecule has 1 fully saturated rings. The highest BCUT2D eigenvalue weighted by Gasteiger charge is 2.24. The van der Waals surface area contributed by atoms with Gasteiger partial charge in [0.15, 0.2) is 0 Å². The Bertz CT molecular complexity index is 515. The van der Waals surface area contributed by atoms with Gasteiger partial charge in [-0.1, -0.05) is 28.8 Å². The van der Waals surface area contributed by atoms with Crippen molar-refractivity contribution in [3.05, 3.63) is 28.1 Å². The van der Waals surface area contributed by atoms with Gasteiger partial charge in [0.2, 0.25) is 0 Å². The molecular formula is C13H18BrN3O3. The SMILES string of the molecule is Cn1cc([N+](=O)[O-])cc1C(=O)NCC1CCCCC1Br. The van der Waals surface area contributed by atoms with Gasteiger partial charge >= 0.3 is 0 Å². The van der Waals surface area contributed by atoms with Crippen molar-refractivity contribution in [2.75, 3.05) is 6.54 Å². The molecule has 2 unspecified atom stereocenters. The number of rotatable bonds is 4. The van der Waals surface area contributed by atoms with E-state index in [1.165, 1.54) is 29.7 Å². The number of alkyl halides is 1. The van der Waals surface area contributed by atoms with Gasteiger partial charge in [-0.15, -0.1) is 0 Å². The van der Waals surface area contributed by atoms with Crippen LogP contribution in [0.25, 0.3) is 0 Å². The summed E-state index contributed by atoms with van der Waals surface area (Å²) >= 11 is 3.65. The molecule has 1 aromatic heterocycles. The number of carbonyl (C=O) groups is 1. The molecule has 6 nitrogen and oxygen atoms in total. The monoisotopic (exact) mass is 343 g/mol. The molecule has 2 rings (SSSR count). The second kappa shape index (κ2) is 6.39. The molecule has 0 saturated heterocycles. The molecule has 7 heteroatoms. The second-order valence-electron chi connectivity index (χ2n) is 5.22. The zero-order chi connectivity index (χ0) is 14.7. The lowest BCUT2D eigenvalue weighted by atomic mass is 9.89. The minimum atomic E-state index is -0.494. The summed E-state index contributed by atoms with van der Waals surface area (Å²) in [6.07, 6.45) is 6.01. The fraction of sp³-hybridized carbons (Fsp3) is 0.615. The molecule has 1 amide bonds. The molecular weight excluding hydrogens is 326 g/mol. The first-order chi connectivity index (χ1) is 9.49. The summed E-state index contributed by atoms with van der Waals surface area (Å²) in [4.78, 5) is 22.7. The molecule has 0 spiro atoms. The standard InChI is InChI=1S/C13H18BrN3O3/c1-16-8-10(17(19)20)6-12(16)13(18)15-7-9-4-2-3-5-11(9)14/h6,8-9,11H,2-5,7H2,1H3,(H,15,18). The Balaban J connectivity index is 1.96. The van der Waals surface area contributed by atoms with Crippen LogP contribution in [-0.4, -0.2) is 26.8 Å². The van der Waals surface area contributed by atoms with Crippen LogP contribution in [0.4, 0.5) is 5.69 Å². The van der Waals surface area contributed by atoms with Crippen LogP contribution in [0.15, 0.2) is 12.3 Å². The molecule has 20 heavy (non-hydrogen) atoms. The third kappa shape index (κ3) is 3.39. The fourth-order valence-corrected chi connectivity index (χ4v) is 3.35. The molecule has 0 radical (unpaired) electrons. The van der Waals surface area contributed by atoms with Crippen LogP contribution in [0.3, 0.4) is 0 Å². The van der Waals surface area contributed by atoms with Crippen molar-refractivity contribution in [3.63, 3.8) is 0 Å². The number of nitrogens with zero attached hydrogens (tertiary/aromatic N) is 2. The third-order valence-corrected chi connectivity index (χ3v) is 4.98. The quantitative estimate of drug-likeness (QED) is 0.518. The Hall–Kier alpha value is -1.37. The first-order valence-corrected chi connectivity index (χ1v) is 7.63. The van der Waals surface area contributed by atoms with E-state index in [9.17, 15) is 14.9 Å². The van der Waals surface area contributed by atoms with E-state index in [-0.39, 0.29) is 11.6 Å². The number of amides is 1. The summed E-state index contributed by atoms with van der Waals surface area (Å²) in [7, 11) is 1.63. The number of nitro groups is 1. The van der Waals surface area contributed by atoms with Gasteiger partial charge in [0.25, 0.3) is 11.6 Å². The Labute approximate surface area is 125 Å². The van der Waals surface area contributed by atoms with Crippen LogP contribution < -0.4 is 5.32 Å². The molecule has 2 atom stereocenters. The maximum Gasteiger partial charge on any atom is 0.287 e. The van der Waals surface area contributed by atoms with E-state index in [4.69, 9.17) is 0 Å². The van der Waals surface area contributed by atoms with Gasteiger partial charge in [0.1, 0.15) is 5.69 Å². The number of hydrogen-bond acceptors (Lipinski definition) is 3. The van der Waals surface area contributed by atoms with E-state index in [1.807, 2.05) is 0 Å². The molecule has 1 aliphatic carbocycles. The predicted octanol–water partition coefficient (Wildman–Crippen LogP) is 2.62. The number of hydrogen-bond donors (Lipinski definition) is 1. The molecule has 1 N–H and O–H groups in total. The summed E-state index contributed by atoms with van der Waals surface area (Å²) in [5.74, 6) is 0.175. The molecule has 1 saturated carbocycles. The highest BCUT2D eigenvalue weighted by Crippen LogP contribution is 2.29. The van der Waals surface area contributed by atoms with Crippen molar-refractivity contribution in [1.82, 2.24) is 9.88 Å². The Morgan fingerprint density at radius 3 is 2.85 bits per heavy atom. The Morgan fingerprint density at radius 1 is 1.55 bits per heavy atom. The summed E-state index contributed by atoms with van der Waals surface area (Å²) in [5.41, 5.74) is 0.257. The topological polar surface area (TPSA) is 77.2 Å². The molecule has 1 heterocycles. The highest BCUT2D eigenvalue weighted by molar-refractivity contribution is 9.09. The predicted molar refractivity (Wildman–Crippen MR) is 79.1 cm³/mol. The summed E-state index contributed by atoms with van der Waals surface area (Å²) in [6.45, 7) is 0.605. The van der Waals surface area contributed by atoms with Crippen LogP contribution in [0.2, 0.25) is 0 Å². The van der Waals surface area contributed by atoms with E-state index in [0.29, 0.717) is 23.0 Å². The lowest BCUT2D eigenvalue weighted by Crippen LogP contribution is -2.35. The number of carbonyl (C=O) groups excluding carboxylic acids is 1. The van der Waals surface area contributed by atoms with Crippen LogP contribution in [0, 0.1) is 16.0 Å². The van der Waals surface area contributed by atoms with E-state index in [1.54, 1.807) is 7.05 Å². The van der Waals surface area contributed by atoms with Crippen molar-refractivity contribution in [2.45, 2.75) is 30.5 Å². The van der Waals surface area contributed by atoms with E-state index >= 15 is 0 Å². The van der Waals surface area contributed by atoms with Gasteiger partial charge in [-0.05, 0) is 18.8 Å². The molecule has 1 aromatic rings. The molecule has 110 valence electrons. The van der Waals surface area contributed by atoms with Crippen molar-refractivity contribution in [3.8, 4) is 0 Å². The lowest BCUT2D eigenvalue weighted by molar-refractivity contribution is -0.384. The maximum atomic E-state index is 12.1. The molecule has 0 bridgehead atoms. The zero-order valence-corrected chi connectivity index (χ0v) is 12.9. The van der Waals surface area contributed by atoms with Gasteiger partial charge in [-0.3, -0.25) is 14.9 Å². The normalized spacial score (nSPS) is 22.5. The lowest BCUT2D eigenvalue weighted by Gasteiger charge is -2.27. The molecule has 1 aliphatic rings. The van der Waals surface area contributed by atoms with Gasteiger partial charge in [-0.2, -0.15) is 0 Å². The van der Waals surface area contributed by atoms with Crippen molar-refractivity contribution in [1.29, 1.82) is 0 Å². The van der Waals surface area contributed by atoms with Gasteiger partial charge in [-0.25, -0.2) is 0 Å². The number of aromatic nitrogens is 1. The first kappa shape index (κ1) is 15.0. The van der Waals surface area contributed by atoms with Crippen molar-refractivity contribution in [2.24, 2.45) is 13.0 Å². The summed E-state index contributed by atoms with van der Waals surface area (Å²) < 4.78 is 1.49.